The van der Waals surface area contributed by atoms with Gasteiger partial charge in [0.1, 0.15) is 0 Å². The fourth-order valence-electron chi connectivity index (χ4n) is 2.80. The standard InChI is InChI=1S/C17H23N3O/c1-14-9-17(7-8-21-14)18-10-16-11-19-20(13-16)12-15-5-3-2-4-6-15/h2-6,11,13-14,17-18H,7-10,12H2,1H3. The van der Waals surface area contributed by atoms with Crippen LogP contribution in [0.3, 0.4) is 0 Å². The minimum Gasteiger partial charge on any atom is -0.378 e. The van der Waals surface area contributed by atoms with Crippen LogP contribution in [0.25, 0.3) is 0 Å². The molecule has 0 saturated carbocycles. The van der Waals surface area contributed by atoms with E-state index in [1.54, 1.807) is 0 Å². The molecule has 1 aliphatic rings. The number of benzene rings is 1. The number of aromatic nitrogens is 2. The lowest BCUT2D eigenvalue weighted by molar-refractivity contribution is 0.0130. The van der Waals surface area contributed by atoms with E-state index in [-0.39, 0.29) is 0 Å². The number of nitrogens with zero attached hydrogens (tertiary/aromatic N) is 2. The van der Waals surface area contributed by atoms with Gasteiger partial charge in [0, 0.05) is 31.0 Å². The van der Waals surface area contributed by atoms with Crippen molar-refractivity contribution in [3.05, 3.63) is 53.9 Å². The maximum atomic E-state index is 5.57. The third kappa shape index (κ3) is 4.16. The van der Waals surface area contributed by atoms with Gasteiger partial charge in [-0.1, -0.05) is 30.3 Å². The van der Waals surface area contributed by atoms with Gasteiger partial charge in [0.25, 0.3) is 0 Å². The van der Waals surface area contributed by atoms with Gasteiger partial charge in [-0.2, -0.15) is 5.10 Å². The number of hydrogen-bond donors (Lipinski definition) is 1. The summed E-state index contributed by atoms with van der Waals surface area (Å²) in [4.78, 5) is 0. The van der Waals surface area contributed by atoms with E-state index >= 15 is 0 Å². The molecule has 1 N–H and O–H groups in total. The first-order valence-corrected chi connectivity index (χ1v) is 7.70. The second-order valence-corrected chi connectivity index (χ2v) is 5.82. The molecular weight excluding hydrogens is 262 g/mol. The summed E-state index contributed by atoms with van der Waals surface area (Å²) >= 11 is 0. The van der Waals surface area contributed by atoms with Crippen LogP contribution in [-0.2, 0) is 17.8 Å². The lowest BCUT2D eigenvalue weighted by atomic mass is 10.0. The molecular formula is C17H23N3O. The Hall–Kier alpha value is -1.65. The quantitative estimate of drug-likeness (QED) is 0.918. The largest absolute Gasteiger partial charge is 0.378 e. The van der Waals surface area contributed by atoms with Crippen molar-refractivity contribution in [2.24, 2.45) is 0 Å². The third-order valence-electron chi connectivity index (χ3n) is 3.95. The summed E-state index contributed by atoms with van der Waals surface area (Å²) in [6, 6.07) is 11.0. The van der Waals surface area contributed by atoms with Crippen LogP contribution in [-0.4, -0.2) is 28.5 Å². The van der Waals surface area contributed by atoms with Crippen molar-refractivity contribution in [2.45, 2.75) is 45.0 Å². The normalized spacial score (nSPS) is 22.3. The van der Waals surface area contributed by atoms with Crippen LogP contribution in [0, 0.1) is 0 Å². The Labute approximate surface area is 126 Å². The molecule has 2 unspecified atom stereocenters. The number of ether oxygens (including phenoxy) is 1. The van der Waals surface area contributed by atoms with E-state index in [1.807, 2.05) is 16.9 Å². The molecule has 1 aromatic carbocycles. The van der Waals surface area contributed by atoms with Gasteiger partial charge in [0.2, 0.25) is 0 Å². The SMILES string of the molecule is CC1CC(NCc2cnn(Cc3ccccc3)c2)CCO1. The molecule has 0 bridgehead atoms. The van der Waals surface area contributed by atoms with Crippen LogP contribution in [0.15, 0.2) is 42.7 Å². The molecule has 4 heteroatoms. The minimum atomic E-state index is 0.372. The summed E-state index contributed by atoms with van der Waals surface area (Å²) in [6.45, 7) is 4.72. The highest BCUT2D eigenvalue weighted by Gasteiger charge is 2.18. The van der Waals surface area contributed by atoms with E-state index in [0.717, 1.165) is 32.5 Å². The van der Waals surface area contributed by atoms with Crippen LogP contribution in [0.1, 0.15) is 30.9 Å². The highest BCUT2D eigenvalue weighted by Crippen LogP contribution is 2.13. The molecule has 1 fully saturated rings. The van der Waals surface area contributed by atoms with Gasteiger partial charge in [-0.3, -0.25) is 4.68 Å². The van der Waals surface area contributed by atoms with Crippen LogP contribution < -0.4 is 5.32 Å². The van der Waals surface area contributed by atoms with E-state index in [0.29, 0.717) is 12.1 Å². The maximum Gasteiger partial charge on any atom is 0.0659 e. The zero-order chi connectivity index (χ0) is 14.5. The Morgan fingerprint density at radius 1 is 1.29 bits per heavy atom. The molecule has 3 rings (SSSR count). The molecule has 2 aromatic rings. The molecule has 0 radical (unpaired) electrons. The lowest BCUT2D eigenvalue weighted by Gasteiger charge is -2.27. The molecule has 4 nitrogen and oxygen atoms in total. The molecule has 1 saturated heterocycles. The van der Waals surface area contributed by atoms with Crippen molar-refractivity contribution in [3.8, 4) is 0 Å². The van der Waals surface area contributed by atoms with Crippen molar-refractivity contribution in [1.82, 2.24) is 15.1 Å². The number of hydrogen-bond acceptors (Lipinski definition) is 3. The predicted molar refractivity (Wildman–Crippen MR) is 83.0 cm³/mol. The van der Waals surface area contributed by atoms with Crippen LogP contribution >= 0.6 is 0 Å². The van der Waals surface area contributed by atoms with Crippen LogP contribution in [0.4, 0.5) is 0 Å². The summed E-state index contributed by atoms with van der Waals surface area (Å²) in [6.07, 6.45) is 6.65. The second kappa shape index (κ2) is 6.87. The summed E-state index contributed by atoms with van der Waals surface area (Å²) in [7, 11) is 0. The topological polar surface area (TPSA) is 39.1 Å². The Balaban J connectivity index is 1.51. The summed E-state index contributed by atoms with van der Waals surface area (Å²) in [5.41, 5.74) is 2.52. The van der Waals surface area contributed by atoms with Crippen molar-refractivity contribution in [1.29, 1.82) is 0 Å². The molecule has 0 aliphatic carbocycles. The fourth-order valence-corrected chi connectivity index (χ4v) is 2.80. The average Bonchev–Trinajstić information content (AvgIpc) is 2.94. The monoisotopic (exact) mass is 285 g/mol. The Bertz CT molecular complexity index is 552. The van der Waals surface area contributed by atoms with Crippen molar-refractivity contribution in [3.63, 3.8) is 0 Å². The molecule has 2 atom stereocenters. The zero-order valence-electron chi connectivity index (χ0n) is 12.5. The Kier molecular flexibility index (Phi) is 4.68. The molecule has 112 valence electrons. The van der Waals surface area contributed by atoms with Crippen LogP contribution in [0.2, 0.25) is 0 Å². The van der Waals surface area contributed by atoms with Crippen molar-refractivity contribution in [2.75, 3.05) is 6.61 Å². The molecule has 1 aliphatic heterocycles. The molecule has 1 aromatic heterocycles. The van der Waals surface area contributed by atoms with Gasteiger partial charge >= 0.3 is 0 Å². The third-order valence-corrected chi connectivity index (χ3v) is 3.95. The van der Waals surface area contributed by atoms with E-state index < -0.39 is 0 Å². The van der Waals surface area contributed by atoms with E-state index in [2.05, 4.69) is 47.8 Å². The second-order valence-electron chi connectivity index (χ2n) is 5.82. The molecule has 2 heterocycles. The summed E-state index contributed by atoms with van der Waals surface area (Å²) in [5, 5.41) is 8.05. The van der Waals surface area contributed by atoms with Crippen molar-refractivity contribution >= 4 is 0 Å². The average molecular weight is 285 g/mol. The fraction of sp³-hybridized carbons (Fsp3) is 0.471. The van der Waals surface area contributed by atoms with Gasteiger partial charge in [-0.25, -0.2) is 0 Å². The maximum absolute atomic E-state index is 5.57. The highest BCUT2D eigenvalue weighted by atomic mass is 16.5. The molecule has 21 heavy (non-hydrogen) atoms. The van der Waals surface area contributed by atoms with Crippen LogP contribution in [0.5, 0.6) is 0 Å². The summed E-state index contributed by atoms with van der Waals surface area (Å²) < 4.78 is 7.57. The summed E-state index contributed by atoms with van der Waals surface area (Å²) in [5.74, 6) is 0. The Morgan fingerprint density at radius 3 is 2.95 bits per heavy atom. The highest BCUT2D eigenvalue weighted by molar-refractivity contribution is 5.15. The first-order valence-electron chi connectivity index (χ1n) is 7.70. The first kappa shape index (κ1) is 14.3. The van der Waals surface area contributed by atoms with Gasteiger partial charge in [0.05, 0.1) is 18.8 Å². The van der Waals surface area contributed by atoms with Gasteiger partial charge in [-0.05, 0) is 25.3 Å². The number of nitrogens with one attached hydrogen (secondary N) is 1. The Morgan fingerprint density at radius 2 is 2.14 bits per heavy atom. The predicted octanol–water partition coefficient (Wildman–Crippen LogP) is 2.59. The van der Waals surface area contributed by atoms with E-state index in [4.69, 9.17) is 4.74 Å². The van der Waals surface area contributed by atoms with Gasteiger partial charge in [-0.15, -0.1) is 0 Å². The van der Waals surface area contributed by atoms with Gasteiger partial charge in [0.15, 0.2) is 0 Å². The molecule has 0 spiro atoms. The van der Waals surface area contributed by atoms with Crippen molar-refractivity contribution < 1.29 is 4.74 Å². The smallest absolute Gasteiger partial charge is 0.0659 e. The first-order chi connectivity index (χ1) is 10.3. The molecule has 0 amide bonds. The van der Waals surface area contributed by atoms with E-state index in [9.17, 15) is 0 Å². The number of rotatable bonds is 5. The van der Waals surface area contributed by atoms with E-state index in [1.165, 1.54) is 11.1 Å². The zero-order valence-corrected chi connectivity index (χ0v) is 12.5. The minimum absolute atomic E-state index is 0.372. The van der Waals surface area contributed by atoms with Gasteiger partial charge < -0.3 is 10.1 Å². The lowest BCUT2D eigenvalue weighted by Crippen LogP contribution is -2.37.